The van der Waals surface area contributed by atoms with Gasteiger partial charge in [0.15, 0.2) is 0 Å². The highest BCUT2D eigenvalue weighted by Crippen LogP contribution is 2.13. The average molecular weight is 233 g/mol. The summed E-state index contributed by atoms with van der Waals surface area (Å²) in [5.41, 5.74) is 6.62. The molecule has 2 heteroatoms. The van der Waals surface area contributed by atoms with Gasteiger partial charge in [-0.05, 0) is 37.1 Å². The van der Waals surface area contributed by atoms with Crippen molar-refractivity contribution >= 4 is 6.08 Å². The SMILES string of the molecule is CCCCCOc1ccc(/C=C/CCN)cc1. The van der Waals surface area contributed by atoms with Crippen molar-refractivity contribution in [2.45, 2.75) is 32.6 Å². The minimum absolute atomic E-state index is 0.703. The Morgan fingerprint density at radius 2 is 1.94 bits per heavy atom. The first kappa shape index (κ1) is 13.8. The number of ether oxygens (including phenoxy) is 1. The van der Waals surface area contributed by atoms with E-state index >= 15 is 0 Å². The first-order valence-electron chi connectivity index (χ1n) is 6.46. The zero-order valence-electron chi connectivity index (χ0n) is 10.7. The van der Waals surface area contributed by atoms with E-state index in [0.29, 0.717) is 6.54 Å². The molecule has 0 spiro atoms. The maximum absolute atomic E-state index is 5.64. The Kier molecular flexibility index (Phi) is 7.15. The normalized spacial score (nSPS) is 10.9. The van der Waals surface area contributed by atoms with Gasteiger partial charge in [-0.15, -0.1) is 0 Å². The molecule has 0 saturated heterocycles. The van der Waals surface area contributed by atoms with E-state index in [-0.39, 0.29) is 0 Å². The van der Waals surface area contributed by atoms with Crippen molar-refractivity contribution in [3.63, 3.8) is 0 Å². The zero-order valence-corrected chi connectivity index (χ0v) is 10.7. The Bertz CT molecular complexity index is 316. The van der Waals surface area contributed by atoms with Crippen molar-refractivity contribution in [2.24, 2.45) is 5.73 Å². The van der Waals surface area contributed by atoms with Crippen LogP contribution in [0.15, 0.2) is 30.3 Å². The quantitative estimate of drug-likeness (QED) is 0.696. The number of hydrogen-bond acceptors (Lipinski definition) is 2. The van der Waals surface area contributed by atoms with Gasteiger partial charge in [-0.3, -0.25) is 0 Å². The predicted octanol–water partition coefficient (Wildman–Crippen LogP) is 3.62. The number of unbranched alkanes of at least 4 members (excludes halogenated alkanes) is 2. The molecule has 0 aliphatic heterocycles. The largest absolute Gasteiger partial charge is 0.494 e. The summed E-state index contributed by atoms with van der Waals surface area (Å²) in [4.78, 5) is 0. The summed E-state index contributed by atoms with van der Waals surface area (Å²) in [6, 6.07) is 8.19. The number of benzene rings is 1. The molecule has 0 aliphatic rings. The van der Waals surface area contributed by atoms with Gasteiger partial charge in [-0.2, -0.15) is 0 Å². The summed E-state index contributed by atoms with van der Waals surface area (Å²) < 4.78 is 5.64. The Labute approximate surface area is 104 Å². The minimum Gasteiger partial charge on any atom is -0.494 e. The average Bonchev–Trinajstić information content (AvgIpc) is 2.37. The Hall–Kier alpha value is -1.28. The fraction of sp³-hybridized carbons (Fsp3) is 0.467. The molecule has 0 saturated carbocycles. The molecule has 2 nitrogen and oxygen atoms in total. The van der Waals surface area contributed by atoms with Gasteiger partial charge in [0, 0.05) is 0 Å². The van der Waals surface area contributed by atoms with Crippen molar-refractivity contribution < 1.29 is 4.74 Å². The van der Waals surface area contributed by atoms with Crippen molar-refractivity contribution in [3.8, 4) is 5.75 Å². The van der Waals surface area contributed by atoms with E-state index in [1.54, 1.807) is 0 Å². The van der Waals surface area contributed by atoms with Crippen LogP contribution < -0.4 is 10.5 Å². The molecule has 0 atom stereocenters. The van der Waals surface area contributed by atoms with E-state index in [1.807, 2.05) is 12.1 Å². The molecule has 0 bridgehead atoms. The zero-order chi connectivity index (χ0) is 12.3. The van der Waals surface area contributed by atoms with Crippen LogP contribution in [-0.4, -0.2) is 13.2 Å². The maximum Gasteiger partial charge on any atom is 0.119 e. The monoisotopic (exact) mass is 233 g/mol. The van der Waals surface area contributed by atoms with Crippen LogP contribution in [0.3, 0.4) is 0 Å². The van der Waals surface area contributed by atoms with Crippen LogP contribution in [-0.2, 0) is 0 Å². The van der Waals surface area contributed by atoms with E-state index in [4.69, 9.17) is 10.5 Å². The molecule has 17 heavy (non-hydrogen) atoms. The van der Waals surface area contributed by atoms with Crippen LogP contribution in [0.1, 0.15) is 38.2 Å². The molecule has 94 valence electrons. The first-order chi connectivity index (χ1) is 8.36. The summed E-state index contributed by atoms with van der Waals surface area (Å²) in [5, 5.41) is 0. The van der Waals surface area contributed by atoms with Crippen LogP contribution in [0.4, 0.5) is 0 Å². The van der Waals surface area contributed by atoms with Gasteiger partial charge >= 0.3 is 0 Å². The summed E-state index contributed by atoms with van der Waals surface area (Å²) in [5.74, 6) is 0.956. The molecule has 2 N–H and O–H groups in total. The number of hydrogen-bond donors (Lipinski definition) is 1. The van der Waals surface area contributed by atoms with Crippen molar-refractivity contribution in [1.29, 1.82) is 0 Å². The van der Waals surface area contributed by atoms with Crippen LogP contribution in [0.5, 0.6) is 5.75 Å². The smallest absolute Gasteiger partial charge is 0.119 e. The van der Waals surface area contributed by atoms with Crippen LogP contribution >= 0.6 is 0 Å². The Balaban J connectivity index is 2.34. The third-order valence-electron chi connectivity index (χ3n) is 2.54. The van der Waals surface area contributed by atoms with Crippen molar-refractivity contribution in [1.82, 2.24) is 0 Å². The summed E-state index contributed by atoms with van der Waals surface area (Å²) >= 11 is 0. The second-order valence-electron chi connectivity index (χ2n) is 4.10. The van der Waals surface area contributed by atoms with E-state index in [0.717, 1.165) is 25.2 Å². The van der Waals surface area contributed by atoms with Gasteiger partial charge in [0.1, 0.15) is 5.75 Å². The number of rotatable bonds is 8. The lowest BCUT2D eigenvalue weighted by Gasteiger charge is -2.05. The molecule has 1 aromatic rings. The lowest BCUT2D eigenvalue weighted by atomic mass is 10.2. The Morgan fingerprint density at radius 3 is 2.59 bits per heavy atom. The summed E-state index contributed by atoms with van der Waals surface area (Å²) in [7, 11) is 0. The van der Waals surface area contributed by atoms with E-state index in [2.05, 4.69) is 31.2 Å². The highest BCUT2D eigenvalue weighted by molar-refractivity contribution is 5.50. The van der Waals surface area contributed by atoms with Gasteiger partial charge in [-0.1, -0.05) is 44.1 Å². The molecule has 0 heterocycles. The van der Waals surface area contributed by atoms with Gasteiger partial charge in [-0.25, -0.2) is 0 Å². The van der Waals surface area contributed by atoms with Gasteiger partial charge in [0.05, 0.1) is 6.61 Å². The molecule has 0 aromatic heterocycles. The third kappa shape index (κ3) is 6.12. The minimum atomic E-state index is 0.703. The molecular weight excluding hydrogens is 210 g/mol. The second kappa shape index (κ2) is 8.82. The first-order valence-corrected chi connectivity index (χ1v) is 6.46. The molecule has 0 fully saturated rings. The fourth-order valence-corrected chi connectivity index (χ4v) is 1.53. The highest BCUT2D eigenvalue weighted by Gasteiger charge is 1.93. The van der Waals surface area contributed by atoms with Gasteiger partial charge < -0.3 is 10.5 Å². The highest BCUT2D eigenvalue weighted by atomic mass is 16.5. The molecule has 0 unspecified atom stereocenters. The van der Waals surface area contributed by atoms with Crippen LogP contribution in [0.25, 0.3) is 6.08 Å². The van der Waals surface area contributed by atoms with Crippen molar-refractivity contribution in [2.75, 3.05) is 13.2 Å². The standard InChI is InChI=1S/C15H23NO/c1-2-3-6-13-17-15-10-8-14(9-11-15)7-4-5-12-16/h4,7-11H,2-3,5-6,12-13,16H2,1H3/b7-4+. The Morgan fingerprint density at radius 1 is 1.18 bits per heavy atom. The number of nitrogens with two attached hydrogens (primary N) is 1. The van der Waals surface area contributed by atoms with Crippen LogP contribution in [0, 0.1) is 0 Å². The van der Waals surface area contributed by atoms with Gasteiger partial charge in [0.2, 0.25) is 0 Å². The van der Waals surface area contributed by atoms with Crippen LogP contribution in [0.2, 0.25) is 0 Å². The van der Waals surface area contributed by atoms with E-state index in [1.165, 1.54) is 18.4 Å². The van der Waals surface area contributed by atoms with Gasteiger partial charge in [0.25, 0.3) is 0 Å². The fourth-order valence-electron chi connectivity index (χ4n) is 1.53. The van der Waals surface area contributed by atoms with E-state index in [9.17, 15) is 0 Å². The molecule has 0 amide bonds. The summed E-state index contributed by atoms with van der Waals surface area (Å²) in [6.45, 7) is 3.72. The molecule has 0 radical (unpaired) electrons. The third-order valence-corrected chi connectivity index (χ3v) is 2.54. The molecular formula is C15H23NO. The molecule has 1 rings (SSSR count). The molecule has 0 aliphatic carbocycles. The second-order valence-corrected chi connectivity index (χ2v) is 4.10. The lowest BCUT2D eigenvalue weighted by Crippen LogP contribution is -1.96. The topological polar surface area (TPSA) is 35.2 Å². The van der Waals surface area contributed by atoms with Crippen molar-refractivity contribution in [3.05, 3.63) is 35.9 Å². The predicted molar refractivity (Wildman–Crippen MR) is 74.2 cm³/mol. The van der Waals surface area contributed by atoms with E-state index < -0.39 is 0 Å². The summed E-state index contributed by atoms with van der Waals surface area (Å²) in [6.07, 6.45) is 8.71. The lowest BCUT2D eigenvalue weighted by molar-refractivity contribution is 0.306. The molecule has 1 aromatic carbocycles. The maximum atomic E-state index is 5.64.